The number of nitro groups is 1. The number of carbonyl (C=O) groups excluding carboxylic acids is 2. The Labute approximate surface area is 187 Å². The fraction of sp³-hybridized carbons (Fsp3) is 0.190. The van der Waals surface area contributed by atoms with Gasteiger partial charge >= 0.3 is 5.97 Å². The van der Waals surface area contributed by atoms with E-state index >= 15 is 0 Å². The molecule has 0 N–H and O–H groups in total. The number of aryl methyl sites for hydroxylation is 1. The maximum atomic E-state index is 12.3. The highest BCUT2D eigenvalue weighted by Gasteiger charge is 2.23. The lowest BCUT2D eigenvalue weighted by molar-refractivity contribution is -0.385. The minimum Gasteiger partial charge on any atom is -0.455 e. The first-order chi connectivity index (χ1) is 14.8. The molecule has 0 unspecified atom stereocenters. The van der Waals surface area contributed by atoms with Gasteiger partial charge in [-0.3, -0.25) is 19.8 Å². The molecule has 3 aromatic rings. The third kappa shape index (κ3) is 5.25. The van der Waals surface area contributed by atoms with Gasteiger partial charge in [-0.15, -0.1) is 11.3 Å². The molecule has 0 spiro atoms. The zero-order valence-corrected chi connectivity index (χ0v) is 18.3. The van der Waals surface area contributed by atoms with Crippen molar-refractivity contribution in [1.29, 1.82) is 0 Å². The molecule has 0 fully saturated rings. The van der Waals surface area contributed by atoms with Crippen LogP contribution < -0.4 is 4.90 Å². The molecule has 0 saturated heterocycles. The summed E-state index contributed by atoms with van der Waals surface area (Å²) in [5.41, 5.74) is 1.61. The third-order valence-corrected chi connectivity index (χ3v) is 5.49. The number of aromatic nitrogens is 1. The number of halogens is 1. The Morgan fingerprint density at radius 2 is 1.94 bits per heavy atom. The molecule has 31 heavy (non-hydrogen) atoms. The Kier molecular flexibility index (Phi) is 6.98. The number of benzene rings is 2. The minimum absolute atomic E-state index is 0.142. The first-order valence-electron chi connectivity index (χ1n) is 9.25. The maximum absolute atomic E-state index is 12.3. The van der Waals surface area contributed by atoms with Crippen LogP contribution in [0.2, 0.25) is 5.02 Å². The molecular weight excluding hydrogens is 442 g/mol. The Bertz CT molecular complexity index is 1130. The summed E-state index contributed by atoms with van der Waals surface area (Å²) in [6, 6.07) is 11.3. The molecule has 1 heterocycles. The molecule has 1 aromatic heterocycles. The molecule has 3 rings (SSSR count). The lowest BCUT2D eigenvalue weighted by Crippen LogP contribution is -2.22. The second kappa shape index (κ2) is 9.67. The van der Waals surface area contributed by atoms with Crippen LogP contribution >= 0.6 is 22.9 Å². The van der Waals surface area contributed by atoms with E-state index in [0.29, 0.717) is 16.5 Å². The number of rotatable bonds is 7. The summed E-state index contributed by atoms with van der Waals surface area (Å²) in [7, 11) is 0. The smallest absolute Gasteiger partial charge is 0.345 e. The Hall–Kier alpha value is -3.30. The van der Waals surface area contributed by atoms with Crippen LogP contribution in [0, 0.1) is 10.1 Å². The largest absolute Gasteiger partial charge is 0.455 e. The second-order valence-electron chi connectivity index (χ2n) is 6.49. The van der Waals surface area contributed by atoms with Crippen molar-refractivity contribution in [2.24, 2.45) is 0 Å². The first kappa shape index (κ1) is 22.4. The van der Waals surface area contributed by atoms with Crippen LogP contribution in [0.1, 0.15) is 35.5 Å². The van der Waals surface area contributed by atoms with E-state index in [-0.39, 0.29) is 23.1 Å². The lowest BCUT2D eigenvalue weighted by Gasteiger charge is -2.18. The molecule has 0 radical (unpaired) electrons. The van der Waals surface area contributed by atoms with Gasteiger partial charge in [0.2, 0.25) is 5.91 Å². The summed E-state index contributed by atoms with van der Waals surface area (Å²) < 4.78 is 5.19. The van der Waals surface area contributed by atoms with Crippen molar-refractivity contribution in [3.8, 4) is 0 Å². The van der Waals surface area contributed by atoms with Gasteiger partial charge in [-0.25, -0.2) is 9.78 Å². The van der Waals surface area contributed by atoms with Crippen LogP contribution in [0.25, 0.3) is 0 Å². The van der Waals surface area contributed by atoms with Gasteiger partial charge in [0.15, 0.2) is 5.13 Å². The predicted molar refractivity (Wildman–Crippen MR) is 118 cm³/mol. The SMILES string of the molecule is CCc1ccc(N(C(C)=O)c2nc(COC(=O)c3ccc(Cl)cc3[N+](=O)[O-])cs2)cc1. The van der Waals surface area contributed by atoms with Crippen LogP contribution in [-0.4, -0.2) is 21.8 Å². The fourth-order valence-electron chi connectivity index (χ4n) is 2.82. The second-order valence-corrected chi connectivity index (χ2v) is 7.76. The summed E-state index contributed by atoms with van der Waals surface area (Å²) in [6.07, 6.45) is 0.888. The van der Waals surface area contributed by atoms with Crippen molar-refractivity contribution in [3.05, 3.63) is 79.8 Å². The van der Waals surface area contributed by atoms with E-state index in [1.807, 2.05) is 31.2 Å². The number of hydrogen-bond donors (Lipinski definition) is 0. The van der Waals surface area contributed by atoms with E-state index in [0.717, 1.165) is 18.1 Å². The van der Waals surface area contributed by atoms with Gasteiger partial charge in [0, 0.05) is 23.4 Å². The first-order valence-corrected chi connectivity index (χ1v) is 10.5. The van der Waals surface area contributed by atoms with Gasteiger partial charge in [0.1, 0.15) is 12.2 Å². The van der Waals surface area contributed by atoms with E-state index < -0.39 is 16.6 Å². The van der Waals surface area contributed by atoms with Crippen LogP contribution in [-0.2, 0) is 22.6 Å². The molecule has 0 aliphatic carbocycles. The third-order valence-electron chi connectivity index (χ3n) is 4.38. The summed E-state index contributed by atoms with van der Waals surface area (Å²) >= 11 is 6.99. The molecule has 0 aliphatic rings. The average molecular weight is 460 g/mol. The molecule has 0 aliphatic heterocycles. The van der Waals surface area contributed by atoms with Crippen LogP contribution in [0.15, 0.2) is 47.8 Å². The summed E-state index contributed by atoms with van der Waals surface area (Å²) in [4.78, 5) is 40.9. The van der Waals surface area contributed by atoms with Gasteiger partial charge in [0.25, 0.3) is 5.69 Å². The van der Waals surface area contributed by atoms with Gasteiger partial charge in [-0.2, -0.15) is 0 Å². The Balaban J connectivity index is 1.75. The van der Waals surface area contributed by atoms with E-state index in [1.165, 1.54) is 35.3 Å². The van der Waals surface area contributed by atoms with Crippen LogP contribution in [0.4, 0.5) is 16.5 Å². The topological polar surface area (TPSA) is 103 Å². The maximum Gasteiger partial charge on any atom is 0.345 e. The Morgan fingerprint density at radius 3 is 2.55 bits per heavy atom. The molecule has 8 nitrogen and oxygen atoms in total. The number of ether oxygens (including phenoxy) is 1. The molecule has 2 aromatic carbocycles. The van der Waals surface area contributed by atoms with E-state index in [9.17, 15) is 19.7 Å². The number of hydrogen-bond acceptors (Lipinski definition) is 7. The normalized spacial score (nSPS) is 10.5. The lowest BCUT2D eigenvalue weighted by atomic mass is 10.1. The van der Waals surface area contributed by atoms with E-state index in [2.05, 4.69) is 4.98 Å². The fourth-order valence-corrected chi connectivity index (χ4v) is 3.86. The van der Waals surface area contributed by atoms with Crippen molar-refractivity contribution < 1.29 is 19.2 Å². The number of esters is 1. The minimum atomic E-state index is -0.864. The van der Waals surface area contributed by atoms with Crippen LogP contribution in [0.3, 0.4) is 0 Å². The number of amides is 1. The molecule has 0 saturated carbocycles. The van der Waals surface area contributed by atoms with E-state index in [1.54, 1.807) is 5.38 Å². The molecule has 10 heteroatoms. The van der Waals surface area contributed by atoms with Gasteiger partial charge in [-0.1, -0.05) is 30.7 Å². The quantitative estimate of drug-likeness (QED) is 0.269. The summed E-state index contributed by atoms with van der Waals surface area (Å²) in [6.45, 7) is 3.29. The monoisotopic (exact) mass is 459 g/mol. The molecule has 0 atom stereocenters. The van der Waals surface area contributed by atoms with Crippen molar-refractivity contribution in [1.82, 2.24) is 4.98 Å². The van der Waals surface area contributed by atoms with Gasteiger partial charge < -0.3 is 4.74 Å². The zero-order chi connectivity index (χ0) is 22.5. The molecular formula is C21H18ClN3O5S. The molecule has 160 valence electrons. The van der Waals surface area contributed by atoms with Crippen molar-refractivity contribution in [3.63, 3.8) is 0 Å². The highest BCUT2D eigenvalue weighted by atomic mass is 35.5. The van der Waals surface area contributed by atoms with Crippen LogP contribution in [0.5, 0.6) is 0 Å². The standard InChI is InChI=1S/C21H18ClN3O5S/c1-3-14-4-7-17(8-5-14)24(13(2)26)21-23-16(12-31-21)11-30-20(27)18-9-6-15(22)10-19(18)25(28)29/h4-10,12H,3,11H2,1-2H3. The summed E-state index contributed by atoms with van der Waals surface area (Å²) in [5.74, 6) is -1.07. The molecule has 0 bridgehead atoms. The number of anilines is 2. The van der Waals surface area contributed by atoms with Crippen molar-refractivity contribution >= 4 is 51.3 Å². The highest BCUT2D eigenvalue weighted by Crippen LogP contribution is 2.30. The highest BCUT2D eigenvalue weighted by molar-refractivity contribution is 7.14. The van der Waals surface area contributed by atoms with E-state index in [4.69, 9.17) is 16.3 Å². The van der Waals surface area contributed by atoms with Crippen molar-refractivity contribution in [2.75, 3.05) is 4.90 Å². The average Bonchev–Trinajstić information content (AvgIpc) is 3.20. The predicted octanol–water partition coefficient (Wildman–Crippen LogP) is 5.31. The number of carbonyl (C=O) groups is 2. The zero-order valence-electron chi connectivity index (χ0n) is 16.7. The van der Waals surface area contributed by atoms with Crippen molar-refractivity contribution in [2.45, 2.75) is 26.9 Å². The number of nitro benzene ring substituents is 1. The Morgan fingerprint density at radius 1 is 1.23 bits per heavy atom. The number of thiazole rings is 1. The van der Waals surface area contributed by atoms with Gasteiger partial charge in [0.05, 0.1) is 16.3 Å². The number of nitrogens with zero attached hydrogens (tertiary/aromatic N) is 3. The van der Waals surface area contributed by atoms with Gasteiger partial charge in [-0.05, 0) is 36.2 Å². The summed E-state index contributed by atoms with van der Waals surface area (Å²) in [5, 5.41) is 13.4. The molecule has 1 amide bonds.